The van der Waals surface area contributed by atoms with Gasteiger partial charge in [0.2, 0.25) is 5.82 Å². The third kappa shape index (κ3) is 5.98. The van der Waals surface area contributed by atoms with Crippen LogP contribution < -0.4 is 0 Å². The molecule has 0 N–H and O–H groups in total. The van der Waals surface area contributed by atoms with E-state index in [0.29, 0.717) is 47.5 Å². The summed E-state index contributed by atoms with van der Waals surface area (Å²) in [5, 5.41) is 3.80. The van der Waals surface area contributed by atoms with Crippen molar-refractivity contribution >= 4 is 21.8 Å². The third-order valence-corrected chi connectivity index (χ3v) is 6.73. The molecule has 1 aliphatic heterocycles. The number of benzene rings is 2. The molecule has 2 aromatic heterocycles. The Hall–Kier alpha value is -3.71. The van der Waals surface area contributed by atoms with Gasteiger partial charge in [-0.05, 0) is 36.4 Å². The van der Waals surface area contributed by atoms with Gasteiger partial charge in [0.25, 0.3) is 11.8 Å². The Morgan fingerprint density at radius 2 is 1.64 bits per heavy atom. The zero-order chi connectivity index (χ0) is 27.7. The van der Waals surface area contributed by atoms with E-state index in [2.05, 4.69) is 31.1 Å². The standard InChI is InChI=1S/C26H19BrF5N5O2/c27-18-11-20(28)19(21(29)12-18)14-36-7-9-37(10-8-36)25(38)16-3-6-22(33-13-16)24-34-23(35-39-24)15-1-4-17(5-2-15)26(30,31)32/h1-6,11-13H,7-10,14H2. The zero-order valence-electron chi connectivity index (χ0n) is 20.1. The van der Waals surface area contributed by atoms with Crippen molar-refractivity contribution < 1.29 is 31.3 Å². The number of nitrogens with zero attached hydrogens (tertiary/aromatic N) is 5. The molecule has 0 aliphatic carbocycles. The molecule has 13 heteroatoms. The molecule has 39 heavy (non-hydrogen) atoms. The number of carbonyl (C=O) groups is 1. The topological polar surface area (TPSA) is 75.4 Å². The first-order valence-electron chi connectivity index (χ1n) is 11.7. The molecule has 1 amide bonds. The predicted molar refractivity (Wildman–Crippen MR) is 133 cm³/mol. The van der Waals surface area contributed by atoms with Crippen molar-refractivity contribution in [3.05, 3.63) is 87.5 Å². The Balaban J connectivity index is 1.20. The predicted octanol–water partition coefficient (Wildman–Crippen LogP) is 5.82. The number of carbonyl (C=O) groups excluding carboxylic acids is 1. The van der Waals surface area contributed by atoms with E-state index in [1.54, 1.807) is 11.0 Å². The molecule has 0 saturated carbocycles. The maximum Gasteiger partial charge on any atom is 0.416 e. The summed E-state index contributed by atoms with van der Waals surface area (Å²) in [6.45, 7) is 1.74. The van der Waals surface area contributed by atoms with Crippen LogP contribution in [0.5, 0.6) is 0 Å². The average Bonchev–Trinajstić information content (AvgIpc) is 3.41. The molecule has 0 radical (unpaired) electrons. The summed E-state index contributed by atoms with van der Waals surface area (Å²) in [5.74, 6) is -1.35. The molecule has 4 aromatic rings. The number of halogens is 6. The monoisotopic (exact) mass is 607 g/mol. The fourth-order valence-electron chi connectivity index (χ4n) is 4.14. The van der Waals surface area contributed by atoms with Gasteiger partial charge >= 0.3 is 6.18 Å². The van der Waals surface area contributed by atoms with Crippen molar-refractivity contribution in [1.29, 1.82) is 0 Å². The van der Waals surface area contributed by atoms with E-state index in [1.165, 1.54) is 36.5 Å². The first-order chi connectivity index (χ1) is 18.6. The van der Waals surface area contributed by atoms with Crippen LogP contribution in [0.4, 0.5) is 22.0 Å². The number of rotatable bonds is 5. The van der Waals surface area contributed by atoms with E-state index in [9.17, 15) is 26.7 Å². The Labute approximate surface area is 227 Å². The van der Waals surface area contributed by atoms with Gasteiger partial charge < -0.3 is 9.42 Å². The smallest absolute Gasteiger partial charge is 0.336 e. The molecule has 5 rings (SSSR count). The molecule has 1 fully saturated rings. The normalized spacial score (nSPS) is 14.6. The number of piperazine rings is 1. The Kier molecular flexibility index (Phi) is 7.45. The van der Waals surface area contributed by atoms with Gasteiger partial charge in [-0.25, -0.2) is 8.78 Å². The quantitative estimate of drug-likeness (QED) is 0.266. The molecule has 0 unspecified atom stereocenters. The van der Waals surface area contributed by atoms with Gasteiger partial charge in [-0.1, -0.05) is 33.2 Å². The minimum absolute atomic E-state index is 0.0136. The lowest BCUT2D eigenvalue weighted by Gasteiger charge is -2.34. The molecule has 0 spiro atoms. The molecule has 1 saturated heterocycles. The molecule has 202 valence electrons. The van der Waals surface area contributed by atoms with Crippen LogP contribution >= 0.6 is 15.9 Å². The summed E-state index contributed by atoms with van der Waals surface area (Å²) in [6.07, 6.45) is -3.07. The summed E-state index contributed by atoms with van der Waals surface area (Å²) >= 11 is 3.07. The summed E-state index contributed by atoms with van der Waals surface area (Å²) in [5.41, 5.74) is 0.167. The van der Waals surface area contributed by atoms with Crippen LogP contribution in [0, 0.1) is 11.6 Å². The number of hydrogen-bond donors (Lipinski definition) is 0. The van der Waals surface area contributed by atoms with Crippen LogP contribution in [-0.2, 0) is 12.7 Å². The molecule has 0 bridgehead atoms. The molecular weight excluding hydrogens is 589 g/mol. The van der Waals surface area contributed by atoms with Crippen LogP contribution in [0.2, 0.25) is 0 Å². The Morgan fingerprint density at radius 1 is 0.974 bits per heavy atom. The highest BCUT2D eigenvalue weighted by atomic mass is 79.9. The molecular formula is C26H19BrF5N5O2. The van der Waals surface area contributed by atoms with Crippen LogP contribution in [-0.4, -0.2) is 57.0 Å². The summed E-state index contributed by atoms with van der Waals surface area (Å²) in [4.78, 5) is 24.9. The van der Waals surface area contributed by atoms with Crippen molar-refractivity contribution in [2.24, 2.45) is 0 Å². The van der Waals surface area contributed by atoms with E-state index in [-0.39, 0.29) is 29.7 Å². The van der Waals surface area contributed by atoms with Gasteiger partial charge in [0.15, 0.2) is 0 Å². The van der Waals surface area contributed by atoms with Gasteiger partial charge in [0.1, 0.15) is 17.3 Å². The second kappa shape index (κ2) is 10.8. The van der Waals surface area contributed by atoms with Crippen molar-refractivity contribution in [1.82, 2.24) is 24.9 Å². The Bertz CT molecular complexity index is 1460. The van der Waals surface area contributed by atoms with Gasteiger partial charge in [-0.15, -0.1) is 0 Å². The van der Waals surface area contributed by atoms with E-state index in [1.807, 2.05) is 4.90 Å². The number of alkyl halides is 3. The molecule has 2 aromatic carbocycles. The second-order valence-corrected chi connectivity index (χ2v) is 9.76. The maximum atomic E-state index is 14.2. The lowest BCUT2D eigenvalue weighted by molar-refractivity contribution is -0.137. The van der Waals surface area contributed by atoms with E-state index in [4.69, 9.17) is 4.52 Å². The summed E-state index contributed by atoms with van der Waals surface area (Å²) < 4.78 is 72.2. The van der Waals surface area contributed by atoms with Crippen LogP contribution in [0.25, 0.3) is 23.0 Å². The first-order valence-corrected chi connectivity index (χ1v) is 12.5. The number of pyridine rings is 1. The lowest BCUT2D eigenvalue weighted by atomic mass is 10.1. The highest BCUT2D eigenvalue weighted by molar-refractivity contribution is 9.10. The van der Waals surface area contributed by atoms with E-state index in [0.717, 1.165) is 12.1 Å². The fourth-order valence-corrected chi connectivity index (χ4v) is 4.54. The van der Waals surface area contributed by atoms with Crippen LogP contribution in [0.1, 0.15) is 21.5 Å². The van der Waals surface area contributed by atoms with Gasteiger partial charge in [0, 0.05) is 54.5 Å². The SMILES string of the molecule is O=C(c1ccc(-c2nc(-c3ccc(C(F)(F)F)cc3)no2)nc1)N1CCN(Cc2c(F)cc(Br)cc2F)CC1. The van der Waals surface area contributed by atoms with Crippen molar-refractivity contribution in [2.45, 2.75) is 12.7 Å². The summed E-state index contributed by atoms with van der Waals surface area (Å²) in [7, 11) is 0. The number of amides is 1. The second-order valence-electron chi connectivity index (χ2n) is 8.85. The molecule has 7 nitrogen and oxygen atoms in total. The summed E-state index contributed by atoms with van der Waals surface area (Å²) in [6, 6.07) is 9.90. The van der Waals surface area contributed by atoms with Crippen molar-refractivity contribution in [3.8, 4) is 23.0 Å². The molecule has 0 atom stereocenters. The number of hydrogen-bond acceptors (Lipinski definition) is 6. The van der Waals surface area contributed by atoms with Gasteiger partial charge in [-0.2, -0.15) is 18.2 Å². The van der Waals surface area contributed by atoms with Gasteiger partial charge in [0.05, 0.1) is 11.1 Å². The highest BCUT2D eigenvalue weighted by Gasteiger charge is 2.30. The van der Waals surface area contributed by atoms with Crippen LogP contribution in [0.3, 0.4) is 0 Å². The Morgan fingerprint density at radius 3 is 2.23 bits per heavy atom. The maximum absolute atomic E-state index is 14.2. The van der Waals surface area contributed by atoms with E-state index >= 15 is 0 Å². The molecule has 1 aliphatic rings. The minimum atomic E-state index is -4.45. The largest absolute Gasteiger partial charge is 0.416 e. The average molecular weight is 608 g/mol. The van der Waals surface area contributed by atoms with Crippen molar-refractivity contribution in [2.75, 3.05) is 26.2 Å². The fraction of sp³-hybridized carbons (Fsp3) is 0.231. The zero-order valence-corrected chi connectivity index (χ0v) is 21.6. The van der Waals surface area contributed by atoms with Crippen molar-refractivity contribution in [3.63, 3.8) is 0 Å². The van der Waals surface area contributed by atoms with Crippen LogP contribution in [0.15, 0.2) is 63.7 Å². The lowest BCUT2D eigenvalue weighted by Crippen LogP contribution is -2.48. The highest BCUT2D eigenvalue weighted by Crippen LogP contribution is 2.31. The molecule has 3 heterocycles. The minimum Gasteiger partial charge on any atom is -0.336 e. The first kappa shape index (κ1) is 26.9. The van der Waals surface area contributed by atoms with Gasteiger partial charge in [-0.3, -0.25) is 14.7 Å². The third-order valence-electron chi connectivity index (χ3n) is 6.27. The number of aromatic nitrogens is 3. The van der Waals surface area contributed by atoms with E-state index < -0.39 is 23.4 Å².